The first kappa shape index (κ1) is 25.0. The molecule has 5 rings (SSSR count). The Kier molecular flexibility index (Phi) is 7.17. The average molecular weight is 493 g/mol. The third kappa shape index (κ3) is 4.24. The van der Waals surface area contributed by atoms with Crippen molar-refractivity contribution in [1.29, 1.82) is 0 Å². The fourth-order valence-corrected chi connectivity index (χ4v) is 6.48. The molecule has 0 aromatic heterocycles. The van der Waals surface area contributed by atoms with Gasteiger partial charge in [-0.15, -0.1) is 0 Å². The summed E-state index contributed by atoms with van der Waals surface area (Å²) >= 11 is 0. The molecule has 1 saturated heterocycles. The molecule has 1 spiro atoms. The van der Waals surface area contributed by atoms with Gasteiger partial charge in [0.1, 0.15) is 0 Å². The standard InChI is InChI=1S/C29H36N2O5/c1-4-35-19(2)36-18-24(32)21-16-25-29(14-15-31(25)17-20-10-6-5-7-11-20)22-12-8-9-13-23(22)30-27(29)26(21)28(33)34-3/h5-13,19,21,24-25,30,32H,4,14-18H2,1-3H3/t19?,21-,24?,25-,29+/m0/s1. The first-order valence-electron chi connectivity index (χ1n) is 12.9. The van der Waals surface area contributed by atoms with Crippen molar-refractivity contribution in [1.82, 2.24) is 4.90 Å². The van der Waals surface area contributed by atoms with E-state index >= 15 is 0 Å². The van der Waals surface area contributed by atoms with Crippen molar-refractivity contribution in [3.63, 3.8) is 0 Å². The van der Waals surface area contributed by atoms with Crippen LogP contribution in [0.3, 0.4) is 0 Å². The van der Waals surface area contributed by atoms with E-state index in [1.165, 1.54) is 18.2 Å². The zero-order valence-electron chi connectivity index (χ0n) is 21.3. The summed E-state index contributed by atoms with van der Waals surface area (Å²) < 4.78 is 16.5. The zero-order valence-corrected chi connectivity index (χ0v) is 21.3. The fraction of sp³-hybridized carbons (Fsp3) is 0.483. The molecule has 2 aromatic carbocycles. The lowest BCUT2D eigenvalue weighted by atomic mass is 9.63. The lowest BCUT2D eigenvalue weighted by Gasteiger charge is -2.45. The number of hydrogen-bond acceptors (Lipinski definition) is 7. The maximum Gasteiger partial charge on any atom is 0.335 e. The van der Waals surface area contributed by atoms with Crippen LogP contribution in [0.4, 0.5) is 5.69 Å². The molecule has 3 aliphatic rings. The summed E-state index contributed by atoms with van der Waals surface area (Å²) in [4.78, 5) is 15.8. The van der Waals surface area contributed by atoms with Crippen LogP contribution in [-0.4, -0.2) is 61.3 Å². The van der Waals surface area contributed by atoms with E-state index < -0.39 is 24.3 Å². The molecular weight excluding hydrogens is 456 g/mol. The Labute approximate surface area is 213 Å². The second-order valence-corrected chi connectivity index (χ2v) is 9.91. The van der Waals surface area contributed by atoms with Gasteiger partial charge in [-0.3, -0.25) is 4.90 Å². The topological polar surface area (TPSA) is 80.3 Å². The molecule has 7 heteroatoms. The predicted molar refractivity (Wildman–Crippen MR) is 137 cm³/mol. The van der Waals surface area contributed by atoms with Crippen LogP contribution in [0.25, 0.3) is 0 Å². The van der Waals surface area contributed by atoms with Gasteiger partial charge in [0.2, 0.25) is 0 Å². The van der Waals surface area contributed by atoms with Crippen molar-refractivity contribution in [3.05, 3.63) is 77.0 Å². The summed E-state index contributed by atoms with van der Waals surface area (Å²) in [6, 6.07) is 18.9. The number of hydrogen-bond donors (Lipinski definition) is 2. The van der Waals surface area contributed by atoms with Crippen molar-refractivity contribution in [2.75, 3.05) is 32.2 Å². The second kappa shape index (κ2) is 10.3. The SMILES string of the molecule is CCOC(C)OCC(O)[C@@H]1C[C@@H]2N(Cc3ccccc3)CC[C@]23C(=C1C(=O)OC)Nc1ccccc13. The number of methoxy groups -OCH3 is 1. The van der Waals surface area contributed by atoms with E-state index in [1.807, 2.05) is 26.0 Å². The lowest BCUT2D eigenvalue weighted by Crippen LogP contribution is -2.51. The van der Waals surface area contributed by atoms with Gasteiger partial charge in [0.05, 0.1) is 30.8 Å². The zero-order chi connectivity index (χ0) is 25.3. The second-order valence-electron chi connectivity index (χ2n) is 9.91. The van der Waals surface area contributed by atoms with Gasteiger partial charge in [0.25, 0.3) is 0 Å². The molecule has 2 aliphatic heterocycles. The smallest absolute Gasteiger partial charge is 0.335 e. The fourth-order valence-electron chi connectivity index (χ4n) is 6.48. The van der Waals surface area contributed by atoms with Gasteiger partial charge in [-0.05, 0) is 43.9 Å². The minimum Gasteiger partial charge on any atom is -0.466 e. The molecule has 5 atom stereocenters. The minimum absolute atomic E-state index is 0.0744. The van der Waals surface area contributed by atoms with Crippen molar-refractivity contribution in [3.8, 4) is 0 Å². The van der Waals surface area contributed by atoms with Crippen LogP contribution in [0.5, 0.6) is 0 Å². The van der Waals surface area contributed by atoms with Crippen molar-refractivity contribution >= 4 is 11.7 Å². The molecule has 2 heterocycles. The number of nitrogens with one attached hydrogen (secondary N) is 1. The maximum absolute atomic E-state index is 13.3. The van der Waals surface area contributed by atoms with Crippen molar-refractivity contribution < 1.29 is 24.1 Å². The highest BCUT2D eigenvalue weighted by molar-refractivity contribution is 5.93. The number of likely N-dealkylation sites (tertiary alicyclic amines) is 1. The molecule has 2 N–H and O–H groups in total. The summed E-state index contributed by atoms with van der Waals surface area (Å²) in [7, 11) is 1.41. The molecule has 0 saturated carbocycles. The summed E-state index contributed by atoms with van der Waals surface area (Å²) in [5.41, 5.74) is 4.57. The van der Waals surface area contributed by atoms with E-state index in [9.17, 15) is 9.90 Å². The van der Waals surface area contributed by atoms with E-state index in [0.29, 0.717) is 18.6 Å². The summed E-state index contributed by atoms with van der Waals surface area (Å²) in [5.74, 6) is -0.830. The first-order valence-corrected chi connectivity index (χ1v) is 12.9. The summed E-state index contributed by atoms with van der Waals surface area (Å²) in [6.45, 7) is 6.03. The quantitative estimate of drug-likeness (QED) is 0.407. The molecule has 36 heavy (non-hydrogen) atoms. The number of aliphatic hydroxyl groups excluding tert-OH is 1. The highest BCUT2D eigenvalue weighted by atomic mass is 16.7. The monoisotopic (exact) mass is 492 g/mol. The number of carbonyl (C=O) groups is 1. The van der Waals surface area contributed by atoms with Gasteiger partial charge in [-0.1, -0.05) is 48.5 Å². The van der Waals surface area contributed by atoms with Crippen LogP contribution in [0, 0.1) is 5.92 Å². The van der Waals surface area contributed by atoms with Crippen LogP contribution in [0.15, 0.2) is 65.9 Å². The highest BCUT2D eigenvalue weighted by Crippen LogP contribution is 2.59. The molecule has 7 nitrogen and oxygen atoms in total. The molecular formula is C29H36N2O5. The van der Waals surface area contributed by atoms with Crippen LogP contribution in [-0.2, 0) is 31.0 Å². The number of benzene rings is 2. The molecule has 2 unspecified atom stereocenters. The molecule has 192 valence electrons. The Hall–Kier alpha value is -2.71. The molecule has 0 radical (unpaired) electrons. The summed E-state index contributed by atoms with van der Waals surface area (Å²) in [6.07, 6.45) is 0.212. The van der Waals surface area contributed by atoms with E-state index in [2.05, 4.69) is 52.7 Å². The van der Waals surface area contributed by atoms with Gasteiger partial charge < -0.3 is 24.6 Å². The Morgan fingerprint density at radius 3 is 2.67 bits per heavy atom. The highest BCUT2D eigenvalue weighted by Gasteiger charge is 2.60. The van der Waals surface area contributed by atoms with Crippen molar-refractivity contribution in [2.45, 2.75) is 57.1 Å². The van der Waals surface area contributed by atoms with E-state index in [4.69, 9.17) is 14.2 Å². The van der Waals surface area contributed by atoms with Gasteiger partial charge in [-0.2, -0.15) is 0 Å². The molecule has 0 bridgehead atoms. The molecule has 0 amide bonds. The van der Waals surface area contributed by atoms with E-state index in [-0.39, 0.29) is 18.1 Å². The number of carbonyl (C=O) groups excluding carboxylic acids is 1. The van der Waals surface area contributed by atoms with Crippen LogP contribution in [0.2, 0.25) is 0 Å². The number of aliphatic hydroxyl groups is 1. The lowest BCUT2D eigenvalue weighted by molar-refractivity contribution is -0.151. The average Bonchev–Trinajstić information content (AvgIpc) is 3.43. The molecule has 2 aromatic rings. The van der Waals surface area contributed by atoms with Gasteiger partial charge in [0.15, 0.2) is 6.29 Å². The van der Waals surface area contributed by atoms with Gasteiger partial charge in [0, 0.05) is 43.0 Å². The normalized spacial score (nSPS) is 26.6. The first-order chi connectivity index (χ1) is 17.5. The number of fused-ring (bicyclic) bond motifs is 1. The van der Waals surface area contributed by atoms with Crippen LogP contribution >= 0.6 is 0 Å². The van der Waals surface area contributed by atoms with Crippen molar-refractivity contribution in [2.24, 2.45) is 5.92 Å². The van der Waals surface area contributed by atoms with E-state index in [1.54, 1.807) is 0 Å². The number of esters is 1. The Morgan fingerprint density at radius 2 is 1.92 bits per heavy atom. The third-order valence-electron chi connectivity index (χ3n) is 8.04. The Balaban J connectivity index is 1.56. The number of anilines is 1. The number of para-hydroxylation sites is 1. The maximum atomic E-state index is 13.3. The number of nitrogens with zero attached hydrogens (tertiary/aromatic N) is 1. The number of rotatable bonds is 9. The summed E-state index contributed by atoms with van der Waals surface area (Å²) in [5, 5.41) is 15.0. The number of ether oxygens (including phenoxy) is 3. The third-order valence-corrected chi connectivity index (χ3v) is 8.04. The Morgan fingerprint density at radius 1 is 1.17 bits per heavy atom. The predicted octanol–water partition coefficient (Wildman–Crippen LogP) is 3.83. The van der Waals surface area contributed by atoms with Crippen LogP contribution in [0.1, 0.15) is 37.8 Å². The minimum atomic E-state index is -0.878. The Bertz CT molecular complexity index is 1120. The largest absolute Gasteiger partial charge is 0.466 e. The van der Waals surface area contributed by atoms with Crippen LogP contribution < -0.4 is 5.32 Å². The van der Waals surface area contributed by atoms with Gasteiger partial charge >= 0.3 is 5.97 Å². The molecule has 1 aliphatic carbocycles. The van der Waals surface area contributed by atoms with E-state index in [0.717, 1.165) is 30.9 Å². The molecule has 1 fully saturated rings. The van der Waals surface area contributed by atoms with Gasteiger partial charge in [-0.25, -0.2) is 4.79 Å².